The van der Waals surface area contributed by atoms with Gasteiger partial charge in [0, 0.05) is 38.4 Å². The average Bonchev–Trinajstić information content (AvgIpc) is 2.85. The van der Waals surface area contributed by atoms with Gasteiger partial charge in [0.25, 0.3) is 5.91 Å². The molecule has 0 saturated carbocycles. The summed E-state index contributed by atoms with van der Waals surface area (Å²) in [5.74, 6) is 0.305. The van der Waals surface area contributed by atoms with Crippen LogP contribution in [0, 0.1) is 5.92 Å². The summed E-state index contributed by atoms with van der Waals surface area (Å²) in [7, 11) is 1.65. The standard InChI is InChI=1S/C28H44N4O4.ClH/c1-5-6-15-32-26(34)24(17-20(2)3)31-27(35)28(32)12-14-29-23(19-28)18-21-8-10-22(11-9-21)25(33)30-13-7-16-36-4;/h8-11,20,23-24,29H,5-7,12-19H2,1-4H3,(H,30,33)(H,31,35);1H/t23?,24-,28?;/m0./s1. The van der Waals surface area contributed by atoms with Crippen LogP contribution in [0.3, 0.4) is 0 Å². The molecule has 1 aromatic rings. The van der Waals surface area contributed by atoms with E-state index < -0.39 is 11.6 Å². The minimum atomic E-state index is -0.794. The number of hydrogen-bond donors (Lipinski definition) is 3. The van der Waals surface area contributed by atoms with Gasteiger partial charge in [-0.2, -0.15) is 0 Å². The number of hydrogen-bond acceptors (Lipinski definition) is 5. The van der Waals surface area contributed by atoms with E-state index in [9.17, 15) is 14.4 Å². The van der Waals surface area contributed by atoms with Gasteiger partial charge < -0.3 is 25.6 Å². The molecule has 0 radical (unpaired) electrons. The Morgan fingerprint density at radius 1 is 1.22 bits per heavy atom. The summed E-state index contributed by atoms with van der Waals surface area (Å²) in [6.07, 6.45) is 5.25. The molecule has 2 unspecified atom stereocenters. The topological polar surface area (TPSA) is 99.8 Å². The molecule has 3 rings (SSSR count). The number of ether oxygens (including phenoxy) is 1. The van der Waals surface area contributed by atoms with E-state index in [1.54, 1.807) is 7.11 Å². The summed E-state index contributed by atoms with van der Waals surface area (Å²) in [4.78, 5) is 41.3. The summed E-state index contributed by atoms with van der Waals surface area (Å²) in [6, 6.07) is 7.29. The van der Waals surface area contributed by atoms with Gasteiger partial charge in [-0.05, 0) is 68.7 Å². The van der Waals surface area contributed by atoms with Crippen molar-refractivity contribution in [3.8, 4) is 0 Å². The van der Waals surface area contributed by atoms with Crippen LogP contribution in [-0.4, -0.2) is 73.6 Å². The van der Waals surface area contributed by atoms with Crippen LogP contribution in [0.2, 0.25) is 0 Å². The molecule has 0 aliphatic carbocycles. The Morgan fingerprint density at radius 3 is 2.59 bits per heavy atom. The van der Waals surface area contributed by atoms with Gasteiger partial charge >= 0.3 is 0 Å². The lowest BCUT2D eigenvalue weighted by atomic mass is 9.77. The van der Waals surface area contributed by atoms with E-state index >= 15 is 0 Å². The van der Waals surface area contributed by atoms with Crippen LogP contribution >= 0.6 is 12.4 Å². The second-order valence-corrected chi connectivity index (χ2v) is 10.6. The second-order valence-electron chi connectivity index (χ2n) is 10.6. The fraction of sp³-hybridized carbons (Fsp3) is 0.679. The highest BCUT2D eigenvalue weighted by Gasteiger charge is 2.54. The van der Waals surface area contributed by atoms with Gasteiger partial charge in [-0.25, -0.2) is 0 Å². The first-order valence-electron chi connectivity index (χ1n) is 13.5. The molecule has 3 amide bonds. The Hall–Kier alpha value is -2.16. The number of carbonyl (C=O) groups is 3. The first-order valence-corrected chi connectivity index (χ1v) is 13.5. The molecule has 3 N–H and O–H groups in total. The van der Waals surface area contributed by atoms with Gasteiger partial charge in [-0.1, -0.05) is 39.3 Å². The van der Waals surface area contributed by atoms with Gasteiger partial charge in [0.15, 0.2) is 0 Å². The highest BCUT2D eigenvalue weighted by atomic mass is 35.5. The van der Waals surface area contributed by atoms with Crippen LogP contribution in [0.25, 0.3) is 0 Å². The third-order valence-electron chi connectivity index (χ3n) is 7.32. The SMILES string of the molecule is CCCCN1C(=O)[C@H](CC(C)C)NC(=O)C12CCNC(Cc1ccc(C(=O)NCCCOC)cc1)C2.Cl. The average molecular weight is 537 g/mol. The van der Waals surface area contributed by atoms with Crippen LogP contribution in [0.1, 0.15) is 75.2 Å². The molecular weight excluding hydrogens is 492 g/mol. The largest absolute Gasteiger partial charge is 0.385 e. The quantitative estimate of drug-likeness (QED) is 0.356. The van der Waals surface area contributed by atoms with Gasteiger partial charge in [0.2, 0.25) is 11.8 Å². The molecule has 2 fully saturated rings. The molecule has 0 aromatic heterocycles. The number of benzene rings is 1. The highest BCUT2D eigenvalue weighted by Crippen LogP contribution is 2.35. The fourth-order valence-corrected chi connectivity index (χ4v) is 5.41. The van der Waals surface area contributed by atoms with Crippen molar-refractivity contribution in [1.29, 1.82) is 0 Å². The lowest BCUT2D eigenvalue weighted by Crippen LogP contribution is -2.74. The predicted molar refractivity (Wildman–Crippen MR) is 148 cm³/mol. The number of nitrogens with zero attached hydrogens (tertiary/aromatic N) is 1. The lowest BCUT2D eigenvalue weighted by Gasteiger charge is -2.52. The zero-order valence-electron chi connectivity index (χ0n) is 22.8. The van der Waals surface area contributed by atoms with Crippen molar-refractivity contribution < 1.29 is 19.1 Å². The summed E-state index contributed by atoms with van der Waals surface area (Å²) < 4.78 is 5.01. The Morgan fingerprint density at radius 2 is 1.95 bits per heavy atom. The molecule has 2 aliphatic heterocycles. The summed E-state index contributed by atoms with van der Waals surface area (Å²) in [5, 5.41) is 9.55. The summed E-state index contributed by atoms with van der Waals surface area (Å²) in [5.41, 5.74) is 0.932. The zero-order chi connectivity index (χ0) is 26.1. The first kappa shape index (κ1) is 31.1. The Kier molecular flexibility index (Phi) is 12.3. The summed E-state index contributed by atoms with van der Waals surface area (Å²) in [6.45, 7) is 8.78. The molecule has 1 aromatic carbocycles. The number of methoxy groups -OCH3 is 1. The van der Waals surface area contributed by atoms with Crippen LogP contribution in [-0.2, 0) is 20.7 Å². The van der Waals surface area contributed by atoms with E-state index in [0.29, 0.717) is 57.0 Å². The number of piperidine rings is 1. The number of amides is 3. The van der Waals surface area contributed by atoms with E-state index in [1.807, 2.05) is 29.2 Å². The number of nitrogens with one attached hydrogen (secondary N) is 3. The molecule has 2 aliphatic rings. The number of carbonyl (C=O) groups excluding carboxylic acids is 3. The van der Waals surface area contributed by atoms with E-state index in [2.05, 4.69) is 36.7 Å². The molecule has 8 nitrogen and oxygen atoms in total. The van der Waals surface area contributed by atoms with Gasteiger partial charge in [0.1, 0.15) is 11.6 Å². The Labute approximate surface area is 228 Å². The molecule has 208 valence electrons. The molecule has 37 heavy (non-hydrogen) atoms. The van der Waals surface area contributed by atoms with E-state index in [4.69, 9.17) is 4.74 Å². The van der Waals surface area contributed by atoms with Gasteiger partial charge in [0.05, 0.1) is 0 Å². The van der Waals surface area contributed by atoms with Gasteiger partial charge in [-0.15, -0.1) is 12.4 Å². The molecule has 2 heterocycles. The van der Waals surface area contributed by atoms with Crippen molar-refractivity contribution in [2.45, 2.75) is 83.3 Å². The number of piperazine rings is 1. The lowest BCUT2D eigenvalue weighted by molar-refractivity contribution is -0.161. The van der Waals surface area contributed by atoms with Crippen molar-refractivity contribution in [2.24, 2.45) is 5.92 Å². The van der Waals surface area contributed by atoms with Crippen molar-refractivity contribution in [1.82, 2.24) is 20.9 Å². The minimum absolute atomic E-state index is 0. The fourth-order valence-electron chi connectivity index (χ4n) is 5.41. The third kappa shape index (κ3) is 7.91. The van der Waals surface area contributed by atoms with Crippen LogP contribution in [0.4, 0.5) is 0 Å². The maximum Gasteiger partial charge on any atom is 0.251 e. The molecule has 1 spiro atoms. The Balaban J connectivity index is 0.00000481. The molecule has 2 saturated heterocycles. The van der Waals surface area contributed by atoms with Crippen molar-refractivity contribution >= 4 is 30.1 Å². The molecular formula is C28H45ClN4O4. The van der Waals surface area contributed by atoms with Crippen molar-refractivity contribution in [3.05, 3.63) is 35.4 Å². The molecule has 3 atom stereocenters. The van der Waals surface area contributed by atoms with E-state index in [1.165, 1.54) is 0 Å². The third-order valence-corrected chi connectivity index (χ3v) is 7.32. The van der Waals surface area contributed by atoms with E-state index in [-0.39, 0.29) is 36.2 Å². The van der Waals surface area contributed by atoms with Crippen LogP contribution < -0.4 is 16.0 Å². The molecule has 9 heteroatoms. The van der Waals surface area contributed by atoms with Crippen molar-refractivity contribution in [3.63, 3.8) is 0 Å². The minimum Gasteiger partial charge on any atom is -0.385 e. The van der Waals surface area contributed by atoms with Crippen molar-refractivity contribution in [2.75, 3.05) is 33.4 Å². The number of halogens is 1. The second kappa shape index (κ2) is 14.7. The van der Waals surface area contributed by atoms with Crippen LogP contribution in [0.15, 0.2) is 24.3 Å². The number of rotatable bonds is 12. The number of unbranched alkanes of at least 4 members (excludes halogenated alkanes) is 1. The highest BCUT2D eigenvalue weighted by molar-refractivity contribution is 6.00. The summed E-state index contributed by atoms with van der Waals surface area (Å²) >= 11 is 0. The first-order chi connectivity index (χ1) is 17.3. The van der Waals surface area contributed by atoms with E-state index in [0.717, 1.165) is 31.2 Å². The van der Waals surface area contributed by atoms with Crippen LogP contribution in [0.5, 0.6) is 0 Å². The Bertz CT molecular complexity index is 895. The maximum atomic E-state index is 13.5. The smallest absolute Gasteiger partial charge is 0.251 e. The predicted octanol–water partition coefficient (Wildman–Crippen LogP) is 3.08. The monoisotopic (exact) mass is 536 g/mol. The molecule has 0 bridgehead atoms. The normalized spacial score (nSPS) is 23.6. The van der Waals surface area contributed by atoms with Gasteiger partial charge in [-0.3, -0.25) is 14.4 Å². The maximum absolute atomic E-state index is 13.5. The zero-order valence-corrected chi connectivity index (χ0v) is 23.6.